The van der Waals surface area contributed by atoms with Gasteiger partial charge in [0.25, 0.3) is 5.91 Å². The zero-order chi connectivity index (χ0) is 24.4. The number of hydrogen-bond acceptors (Lipinski definition) is 4. The monoisotopic (exact) mass is 448 g/mol. The van der Waals surface area contributed by atoms with Crippen LogP contribution in [0.5, 0.6) is 0 Å². The standard InChI is InChI=1S/C22H24N6O.2C2H6/c1-4-27(15-16-9-6-5-7-10-16)22(29)17-13-19(23-2)28-20(14-17)24-21(25-28)18-11-8-12-26(18)3;2*1-2/h5-14,23H,4,15H2,1-3H3;2*1-2H3. The van der Waals surface area contributed by atoms with E-state index in [-0.39, 0.29) is 5.91 Å². The molecule has 0 aliphatic heterocycles. The van der Waals surface area contributed by atoms with Gasteiger partial charge in [0.1, 0.15) is 5.82 Å². The summed E-state index contributed by atoms with van der Waals surface area (Å²) in [6.45, 7) is 11.2. The fraction of sp³-hybridized carbons (Fsp3) is 0.346. The number of amides is 1. The number of carbonyl (C=O) groups excluding carboxylic acids is 1. The lowest BCUT2D eigenvalue weighted by Crippen LogP contribution is -2.30. The number of fused-ring (bicyclic) bond motifs is 1. The van der Waals surface area contributed by atoms with Crippen LogP contribution in [0.1, 0.15) is 50.5 Å². The zero-order valence-electron chi connectivity index (χ0n) is 20.8. The van der Waals surface area contributed by atoms with Gasteiger partial charge in [0, 0.05) is 38.9 Å². The van der Waals surface area contributed by atoms with Crippen molar-refractivity contribution in [3.63, 3.8) is 0 Å². The Morgan fingerprint density at radius 3 is 2.30 bits per heavy atom. The second-order valence-corrected chi connectivity index (χ2v) is 6.89. The van der Waals surface area contributed by atoms with E-state index in [1.165, 1.54) is 0 Å². The Morgan fingerprint density at radius 2 is 1.73 bits per heavy atom. The van der Waals surface area contributed by atoms with Gasteiger partial charge in [-0.1, -0.05) is 58.0 Å². The molecule has 3 aromatic heterocycles. The number of nitrogens with one attached hydrogen (secondary N) is 1. The summed E-state index contributed by atoms with van der Waals surface area (Å²) in [7, 11) is 3.77. The Balaban J connectivity index is 0.000000914. The van der Waals surface area contributed by atoms with E-state index in [1.807, 2.05) is 113 Å². The number of pyridine rings is 1. The number of nitrogens with zero attached hydrogens (tertiary/aromatic N) is 5. The quantitative estimate of drug-likeness (QED) is 0.423. The van der Waals surface area contributed by atoms with Gasteiger partial charge in [-0.2, -0.15) is 4.52 Å². The van der Waals surface area contributed by atoms with Crippen molar-refractivity contribution in [1.29, 1.82) is 0 Å². The summed E-state index contributed by atoms with van der Waals surface area (Å²) in [5.41, 5.74) is 3.24. The molecule has 7 nitrogen and oxygen atoms in total. The van der Waals surface area contributed by atoms with E-state index in [9.17, 15) is 4.79 Å². The maximum absolute atomic E-state index is 13.2. The number of carbonyl (C=O) groups is 1. The highest BCUT2D eigenvalue weighted by Crippen LogP contribution is 2.21. The van der Waals surface area contributed by atoms with Crippen LogP contribution in [-0.2, 0) is 13.6 Å². The summed E-state index contributed by atoms with van der Waals surface area (Å²) >= 11 is 0. The predicted octanol–water partition coefficient (Wildman–Crippen LogP) is 5.49. The number of hydrogen-bond donors (Lipinski definition) is 1. The van der Waals surface area contributed by atoms with Crippen LogP contribution in [0.3, 0.4) is 0 Å². The molecular formula is C26H36N6O. The molecule has 33 heavy (non-hydrogen) atoms. The average Bonchev–Trinajstić information content (AvgIpc) is 3.50. The molecule has 1 amide bonds. The van der Waals surface area contributed by atoms with Crippen molar-refractivity contribution in [1.82, 2.24) is 24.1 Å². The molecule has 0 saturated carbocycles. The Labute approximate surface area is 197 Å². The number of anilines is 1. The van der Waals surface area contributed by atoms with Gasteiger partial charge in [0.15, 0.2) is 11.5 Å². The van der Waals surface area contributed by atoms with E-state index in [0.717, 1.165) is 17.1 Å². The third kappa shape index (κ3) is 5.80. The Hall–Kier alpha value is -3.61. The normalized spacial score (nSPS) is 10.0. The van der Waals surface area contributed by atoms with Gasteiger partial charge in [0.2, 0.25) is 0 Å². The highest BCUT2D eigenvalue weighted by Gasteiger charge is 2.19. The van der Waals surface area contributed by atoms with Crippen LogP contribution in [0.25, 0.3) is 17.2 Å². The molecule has 0 saturated heterocycles. The van der Waals surface area contributed by atoms with Crippen LogP contribution in [0.15, 0.2) is 60.8 Å². The molecule has 7 heteroatoms. The molecule has 176 valence electrons. The molecule has 4 aromatic rings. The lowest BCUT2D eigenvalue weighted by Gasteiger charge is -2.21. The molecule has 0 spiro atoms. The molecule has 0 aliphatic rings. The van der Waals surface area contributed by atoms with Gasteiger partial charge < -0.3 is 14.8 Å². The van der Waals surface area contributed by atoms with E-state index < -0.39 is 0 Å². The highest BCUT2D eigenvalue weighted by molar-refractivity contribution is 5.96. The molecule has 0 aliphatic carbocycles. The first-order valence-electron chi connectivity index (χ1n) is 11.6. The van der Waals surface area contributed by atoms with Crippen molar-refractivity contribution in [2.45, 2.75) is 41.2 Å². The molecule has 0 radical (unpaired) electrons. The SMILES string of the molecule is CC.CC.CCN(Cc1ccccc1)C(=O)c1cc(NC)n2nc(-c3cccn3C)nc2c1. The summed E-state index contributed by atoms with van der Waals surface area (Å²) in [5.74, 6) is 1.31. The summed E-state index contributed by atoms with van der Waals surface area (Å²) in [6, 6.07) is 17.6. The maximum Gasteiger partial charge on any atom is 0.254 e. The number of aryl methyl sites for hydroxylation is 1. The fourth-order valence-corrected chi connectivity index (χ4v) is 3.40. The first-order chi connectivity index (χ1) is 16.1. The summed E-state index contributed by atoms with van der Waals surface area (Å²) in [4.78, 5) is 19.7. The predicted molar refractivity (Wildman–Crippen MR) is 136 cm³/mol. The molecule has 0 bridgehead atoms. The molecule has 1 aromatic carbocycles. The number of benzene rings is 1. The zero-order valence-corrected chi connectivity index (χ0v) is 20.8. The van der Waals surface area contributed by atoms with Crippen molar-refractivity contribution in [2.75, 3.05) is 18.9 Å². The van der Waals surface area contributed by atoms with Gasteiger partial charge >= 0.3 is 0 Å². The molecule has 0 fully saturated rings. The largest absolute Gasteiger partial charge is 0.373 e. The van der Waals surface area contributed by atoms with Crippen LogP contribution >= 0.6 is 0 Å². The third-order valence-corrected chi connectivity index (χ3v) is 5.00. The summed E-state index contributed by atoms with van der Waals surface area (Å²) < 4.78 is 3.70. The summed E-state index contributed by atoms with van der Waals surface area (Å²) in [6.07, 6.45) is 1.96. The van der Waals surface area contributed by atoms with Crippen molar-refractivity contribution < 1.29 is 4.79 Å². The van der Waals surface area contributed by atoms with Gasteiger partial charge in [-0.15, -0.1) is 5.10 Å². The fourth-order valence-electron chi connectivity index (χ4n) is 3.40. The lowest BCUT2D eigenvalue weighted by atomic mass is 10.1. The molecule has 1 N–H and O–H groups in total. The number of aromatic nitrogens is 4. The van der Waals surface area contributed by atoms with Crippen LogP contribution in [0.2, 0.25) is 0 Å². The minimum Gasteiger partial charge on any atom is -0.373 e. The maximum atomic E-state index is 13.2. The second-order valence-electron chi connectivity index (χ2n) is 6.89. The Kier molecular flexibility index (Phi) is 9.66. The average molecular weight is 449 g/mol. The smallest absolute Gasteiger partial charge is 0.254 e. The van der Waals surface area contributed by atoms with Crippen molar-refractivity contribution in [3.05, 3.63) is 71.9 Å². The van der Waals surface area contributed by atoms with Crippen LogP contribution in [0.4, 0.5) is 5.82 Å². The molecular weight excluding hydrogens is 412 g/mol. The van der Waals surface area contributed by atoms with Crippen molar-refractivity contribution >= 4 is 17.4 Å². The van der Waals surface area contributed by atoms with Crippen LogP contribution in [-0.4, -0.2) is 43.6 Å². The van der Waals surface area contributed by atoms with Gasteiger partial charge in [-0.3, -0.25) is 4.79 Å². The van der Waals surface area contributed by atoms with Gasteiger partial charge in [0.05, 0.1) is 5.69 Å². The first kappa shape index (κ1) is 25.6. The third-order valence-electron chi connectivity index (χ3n) is 5.00. The number of rotatable bonds is 6. The minimum absolute atomic E-state index is 0.0289. The van der Waals surface area contributed by atoms with E-state index in [4.69, 9.17) is 0 Å². The Bertz CT molecular complexity index is 1150. The second kappa shape index (κ2) is 12.4. The van der Waals surface area contributed by atoms with Crippen LogP contribution < -0.4 is 5.32 Å². The van der Waals surface area contributed by atoms with E-state index in [1.54, 1.807) is 10.6 Å². The first-order valence-corrected chi connectivity index (χ1v) is 11.6. The molecule has 0 unspecified atom stereocenters. The topological polar surface area (TPSA) is 67.5 Å². The van der Waals surface area contributed by atoms with E-state index in [2.05, 4.69) is 15.4 Å². The lowest BCUT2D eigenvalue weighted by molar-refractivity contribution is 0.0752. The van der Waals surface area contributed by atoms with Gasteiger partial charge in [-0.05, 0) is 36.8 Å². The van der Waals surface area contributed by atoms with Crippen molar-refractivity contribution in [2.24, 2.45) is 7.05 Å². The highest BCUT2D eigenvalue weighted by atomic mass is 16.2. The molecule has 4 rings (SSSR count). The van der Waals surface area contributed by atoms with E-state index in [0.29, 0.717) is 30.1 Å². The Morgan fingerprint density at radius 1 is 1.03 bits per heavy atom. The van der Waals surface area contributed by atoms with Gasteiger partial charge in [-0.25, -0.2) is 4.98 Å². The molecule has 3 heterocycles. The minimum atomic E-state index is -0.0289. The van der Waals surface area contributed by atoms with Crippen molar-refractivity contribution in [3.8, 4) is 11.5 Å². The van der Waals surface area contributed by atoms with Crippen LogP contribution in [0, 0.1) is 0 Å². The van der Waals surface area contributed by atoms with E-state index >= 15 is 0 Å². The molecule has 0 atom stereocenters. The summed E-state index contributed by atoms with van der Waals surface area (Å²) in [5, 5.41) is 7.75.